The van der Waals surface area contributed by atoms with Crippen molar-refractivity contribution in [2.45, 2.75) is 146 Å². The molecule has 0 aliphatic heterocycles. The number of guanidine groups is 2. The quantitative estimate of drug-likeness (QED) is 0.0140. The number of carbonyl (C=O) groups is 11. The van der Waals surface area contributed by atoms with Crippen LogP contribution in [-0.4, -0.2) is 184 Å². The first-order chi connectivity index (χ1) is 57.3. The number of nitrogens with zero attached hydrogens (tertiary/aromatic N) is 1. The Bertz CT molecular complexity index is 3780. The molecule has 0 bridgehead atoms. The number of rotatable bonds is 52. The van der Waals surface area contributed by atoms with Crippen molar-refractivity contribution in [3.8, 4) is 0 Å². The summed E-state index contributed by atoms with van der Waals surface area (Å²) in [5.41, 5.74) is 23.3. The second kappa shape index (κ2) is 55.8. The molecule has 0 heterocycles. The van der Waals surface area contributed by atoms with E-state index in [1.807, 2.05) is 175 Å². The van der Waals surface area contributed by atoms with E-state index in [2.05, 4.69) is 74.4 Å². The summed E-state index contributed by atoms with van der Waals surface area (Å²) < 4.78 is 31.7. The van der Waals surface area contributed by atoms with Gasteiger partial charge in [-0.3, -0.25) is 54.1 Å². The minimum atomic E-state index is -5.08. The fraction of sp³-hybridized carbons (Fsp3) is 0.417. The van der Waals surface area contributed by atoms with Gasteiger partial charge < -0.3 is 96.7 Å². The molecule has 0 radical (unpaired) electrons. The van der Waals surface area contributed by atoms with Gasteiger partial charge in [0.2, 0.25) is 47.3 Å². The highest BCUT2D eigenvalue weighted by atomic mass is 19.4. The summed E-state index contributed by atoms with van der Waals surface area (Å²) in [7, 11) is 0. The third-order valence-corrected chi connectivity index (χ3v) is 18.4. The highest BCUT2D eigenvalue weighted by Gasteiger charge is 2.38. The second-order valence-electron chi connectivity index (χ2n) is 27.8. The van der Waals surface area contributed by atoms with Crippen molar-refractivity contribution in [1.29, 1.82) is 10.8 Å². The number of alkyl halides is 3. The number of carboxylic acid groups (broad SMARTS) is 1. The molecule has 0 spiro atoms. The number of halogens is 3. The lowest BCUT2D eigenvalue weighted by atomic mass is 9.90. The maximum Gasteiger partial charge on any atom is 0.490 e. The van der Waals surface area contributed by atoms with Crippen molar-refractivity contribution in [3.63, 3.8) is 0 Å². The maximum absolute atomic E-state index is 13.9. The molecule has 0 aliphatic rings. The van der Waals surface area contributed by atoms with Gasteiger partial charge in [-0.05, 0) is 109 Å². The summed E-state index contributed by atoms with van der Waals surface area (Å²) in [5.74, 6) is -6.43. The van der Waals surface area contributed by atoms with E-state index in [4.69, 9.17) is 37.9 Å². The number of carboxylic acids is 1. The van der Waals surface area contributed by atoms with Crippen LogP contribution >= 0.6 is 0 Å². The Morgan fingerprint density at radius 2 is 0.613 bits per heavy atom. The standard InChI is InChI=1S/C82H114N20O10.C2HF3O2/c83-43-52-102(53-50-90-71(105)33-17-31-69(103)88-44-13-15-46-94-81(111)98-57-61-39-35-59(36-40-61)55-96-75(107)67(29-19-48-92-79(84)85)100-77(109)73(63-21-5-1-6-22-63)64-23-7-2-8-24-64)54-51-91-72(106)34-18-32-70(104)89-45-14-16-47-95-82(112)99-58-62-41-37-60(38-42-62)56-97-76(108)68(30-20-49-93-80(86)87)101-78(110)74(65-25-9-3-10-26-65)66-27-11-4-12-28-66;3-2(4,5)1(6)7/h1-12,21-28,35-42,67-68,73-74H,13-20,29-34,43-58,83H2,(H,88,103)(H,89,104)(H,90,105)(H,91,106)(H,96,107)(H,97,108)(H,100,109)(H,101,110)(H4,84,85,92)(H4,86,87,93)(H2,94,98,111)(H2,95,99,112);(H,6,7)/t67-,68-;/m1./s1. The lowest BCUT2D eigenvalue weighted by Gasteiger charge is -2.23. The third kappa shape index (κ3) is 41.7. The van der Waals surface area contributed by atoms with Gasteiger partial charge in [0, 0.05) is 130 Å². The van der Waals surface area contributed by atoms with E-state index in [1.54, 1.807) is 0 Å². The van der Waals surface area contributed by atoms with Crippen LogP contribution < -0.4 is 91.6 Å². The highest BCUT2D eigenvalue weighted by molar-refractivity contribution is 5.94. The summed E-state index contributed by atoms with van der Waals surface area (Å²) in [6.45, 7) is 5.99. The predicted molar refractivity (Wildman–Crippen MR) is 446 cm³/mol. The summed E-state index contributed by atoms with van der Waals surface area (Å²) in [6.07, 6.45) is 0.475. The van der Waals surface area contributed by atoms with Crippen molar-refractivity contribution in [2.75, 3.05) is 78.5 Å². The van der Waals surface area contributed by atoms with Gasteiger partial charge in [-0.2, -0.15) is 13.2 Å². The van der Waals surface area contributed by atoms with E-state index in [0.29, 0.717) is 143 Å². The number of urea groups is 2. The monoisotopic (exact) mass is 1650 g/mol. The number of aliphatic carboxylic acids is 1. The molecule has 0 fully saturated rings. The van der Waals surface area contributed by atoms with Crippen molar-refractivity contribution >= 4 is 77.2 Å². The van der Waals surface area contributed by atoms with Gasteiger partial charge in [-0.25, -0.2) is 14.4 Å². The topological polar surface area (TPSA) is 505 Å². The number of hydrogen-bond acceptors (Lipinski definition) is 15. The van der Waals surface area contributed by atoms with Crippen LogP contribution in [0.4, 0.5) is 22.8 Å². The van der Waals surface area contributed by atoms with Crippen LogP contribution in [-0.2, 0) is 69.3 Å². The molecule has 0 saturated heterocycles. The first-order valence-electron chi connectivity index (χ1n) is 39.8. The minimum Gasteiger partial charge on any atom is -0.475 e. The first kappa shape index (κ1) is 96.9. The largest absolute Gasteiger partial charge is 0.490 e. The fourth-order valence-electron chi connectivity index (χ4n) is 12.1. The molecule has 6 aromatic carbocycles. The van der Waals surface area contributed by atoms with E-state index in [9.17, 15) is 61.1 Å². The molecule has 6 rings (SSSR count). The molecule has 6 aromatic rings. The molecular weight excluding hydrogens is 1540 g/mol. The van der Waals surface area contributed by atoms with Crippen molar-refractivity contribution in [3.05, 3.63) is 214 Å². The molecule has 35 heteroatoms. The Labute approximate surface area is 691 Å². The van der Waals surface area contributed by atoms with Gasteiger partial charge in [0.1, 0.15) is 12.1 Å². The normalized spacial score (nSPS) is 11.4. The molecular formula is C84H115F3N20O12. The van der Waals surface area contributed by atoms with Crippen LogP contribution in [0.2, 0.25) is 0 Å². The summed E-state index contributed by atoms with van der Waals surface area (Å²) in [6, 6.07) is 50.0. The molecule has 119 heavy (non-hydrogen) atoms. The van der Waals surface area contributed by atoms with E-state index in [-0.39, 0.29) is 123 Å². The van der Waals surface area contributed by atoms with E-state index >= 15 is 0 Å². The Morgan fingerprint density at radius 1 is 0.345 bits per heavy atom. The molecule has 0 aromatic heterocycles. The molecule has 644 valence electrons. The molecule has 0 unspecified atom stereocenters. The van der Waals surface area contributed by atoms with Crippen LogP contribution in [0.15, 0.2) is 170 Å². The number of carbonyl (C=O) groups excluding carboxylic acids is 10. The van der Waals surface area contributed by atoms with Gasteiger partial charge in [-0.15, -0.1) is 0 Å². The average molecular weight is 1650 g/mol. The lowest BCUT2D eigenvalue weighted by molar-refractivity contribution is -0.192. The lowest BCUT2D eigenvalue weighted by Crippen LogP contribution is -2.48. The van der Waals surface area contributed by atoms with Gasteiger partial charge in [0.05, 0.1) is 11.8 Å². The summed E-state index contributed by atoms with van der Waals surface area (Å²) in [5, 5.41) is 62.3. The smallest absolute Gasteiger partial charge is 0.475 e. The predicted octanol–water partition coefficient (Wildman–Crippen LogP) is 4.64. The van der Waals surface area contributed by atoms with Crippen LogP contribution in [0.3, 0.4) is 0 Å². The maximum atomic E-state index is 13.9. The zero-order valence-electron chi connectivity index (χ0n) is 66.9. The van der Waals surface area contributed by atoms with Crippen LogP contribution in [0.25, 0.3) is 0 Å². The molecule has 23 N–H and O–H groups in total. The minimum absolute atomic E-state index is 0.168. The zero-order valence-corrected chi connectivity index (χ0v) is 66.9. The number of nitrogens with two attached hydrogens (primary N) is 3. The second-order valence-corrected chi connectivity index (χ2v) is 27.8. The summed E-state index contributed by atoms with van der Waals surface area (Å²) >= 11 is 0. The molecule has 2 atom stereocenters. The molecule has 12 amide bonds. The number of hydrogen-bond donors (Lipinski definition) is 20. The Kier molecular flexibility index (Phi) is 45.5. The van der Waals surface area contributed by atoms with Gasteiger partial charge in [-0.1, -0.05) is 170 Å². The third-order valence-electron chi connectivity index (χ3n) is 18.4. The first-order valence-corrected chi connectivity index (χ1v) is 39.8. The van der Waals surface area contributed by atoms with Gasteiger partial charge >= 0.3 is 24.2 Å². The van der Waals surface area contributed by atoms with Crippen molar-refractivity contribution < 1.29 is 71.0 Å². The molecule has 0 saturated carbocycles. The number of nitrogens with one attached hydrogen (secondary N) is 16. The number of benzene rings is 6. The Balaban J connectivity index is 0.00000344. The van der Waals surface area contributed by atoms with Gasteiger partial charge in [0.15, 0.2) is 11.9 Å². The van der Waals surface area contributed by atoms with Crippen molar-refractivity contribution in [1.82, 2.24) is 79.3 Å². The van der Waals surface area contributed by atoms with E-state index < -0.39 is 36.1 Å². The molecule has 0 aliphatic carbocycles. The van der Waals surface area contributed by atoms with Gasteiger partial charge in [0.25, 0.3) is 0 Å². The van der Waals surface area contributed by atoms with Crippen LogP contribution in [0.5, 0.6) is 0 Å². The summed E-state index contributed by atoms with van der Waals surface area (Å²) in [4.78, 5) is 141. The van der Waals surface area contributed by atoms with E-state index in [0.717, 1.165) is 44.5 Å². The fourth-order valence-corrected chi connectivity index (χ4v) is 12.1. The van der Waals surface area contributed by atoms with Crippen molar-refractivity contribution in [2.24, 2.45) is 17.2 Å². The number of unbranched alkanes of at least 4 members (excludes halogenated alkanes) is 2. The van der Waals surface area contributed by atoms with Crippen LogP contribution in [0.1, 0.15) is 146 Å². The van der Waals surface area contributed by atoms with Crippen LogP contribution in [0, 0.1) is 10.8 Å². The Morgan fingerprint density at radius 3 is 0.891 bits per heavy atom. The Hall–Kier alpha value is -12.7. The SMILES string of the molecule is N=C(N)NCCC[C@@H](NC(=O)C(c1ccccc1)c1ccccc1)C(=O)NCc1ccc(CNC(=O)NCCCCNC(=O)CCCC(=O)NCCN(CCN)CCNC(=O)CCCC(=O)NCCCCNC(=O)NCc2ccc(CNC(=O)[C@@H](CCCNC(=N)N)NC(=O)C(c3ccccc3)c3ccccc3)cc2)cc1.O=C(O)C(F)(F)F. The average Bonchev–Trinajstić information content (AvgIpc) is 0.821. The van der Waals surface area contributed by atoms with E-state index in [1.165, 1.54) is 0 Å². The highest BCUT2D eigenvalue weighted by Crippen LogP contribution is 2.27. The molecule has 32 nitrogen and oxygen atoms in total. The zero-order chi connectivity index (χ0) is 86.4. The number of amides is 12.